The third-order valence-electron chi connectivity index (χ3n) is 3.38. The first kappa shape index (κ1) is 23.0. The number of carbonyl (C=O) groups is 1. The zero-order valence-electron chi connectivity index (χ0n) is 14.2. The van der Waals surface area contributed by atoms with E-state index in [-0.39, 0.29) is 49.0 Å². The molecule has 2 rings (SSSR count). The van der Waals surface area contributed by atoms with Gasteiger partial charge in [-0.15, -0.1) is 24.8 Å². The van der Waals surface area contributed by atoms with Gasteiger partial charge in [0.1, 0.15) is 5.82 Å². The van der Waals surface area contributed by atoms with Gasteiger partial charge >= 0.3 is 0 Å². The van der Waals surface area contributed by atoms with Gasteiger partial charge in [-0.2, -0.15) is 0 Å². The second-order valence-electron chi connectivity index (χ2n) is 5.74. The van der Waals surface area contributed by atoms with Crippen LogP contribution in [-0.2, 0) is 11.2 Å². The van der Waals surface area contributed by atoms with E-state index < -0.39 is 0 Å². The van der Waals surface area contributed by atoms with Crippen molar-refractivity contribution in [3.05, 3.63) is 53.8 Å². The highest BCUT2D eigenvalue weighted by molar-refractivity contribution is 5.94. The Kier molecular flexibility index (Phi) is 9.94. The number of aryl methyl sites for hydroxylation is 1. The van der Waals surface area contributed by atoms with E-state index in [0.717, 1.165) is 5.56 Å². The highest BCUT2D eigenvalue weighted by Crippen LogP contribution is 2.24. The van der Waals surface area contributed by atoms with Crippen LogP contribution < -0.4 is 16.4 Å². The predicted molar refractivity (Wildman–Crippen MR) is 107 cm³/mol. The maximum absolute atomic E-state index is 13.4. The Bertz CT molecular complexity index is 696. The van der Waals surface area contributed by atoms with Crippen LogP contribution in [0.15, 0.2) is 42.5 Å². The molecule has 0 aromatic heterocycles. The first-order valence-electron chi connectivity index (χ1n) is 7.65. The molecule has 0 radical (unpaired) electrons. The van der Waals surface area contributed by atoms with Crippen LogP contribution in [0.25, 0.3) is 0 Å². The molecule has 2 aromatic rings. The van der Waals surface area contributed by atoms with E-state index in [0.29, 0.717) is 23.5 Å². The van der Waals surface area contributed by atoms with Crippen molar-refractivity contribution in [2.24, 2.45) is 0 Å². The first-order valence-corrected chi connectivity index (χ1v) is 7.65. The van der Waals surface area contributed by atoms with Crippen molar-refractivity contribution in [1.29, 1.82) is 0 Å². The number of nitrogens with two attached hydrogens (primary N) is 1. The van der Waals surface area contributed by atoms with Crippen LogP contribution in [0.1, 0.15) is 25.8 Å². The average Bonchev–Trinajstić information content (AvgIpc) is 2.49. The summed E-state index contributed by atoms with van der Waals surface area (Å²) >= 11 is 0. The van der Waals surface area contributed by atoms with Crippen molar-refractivity contribution in [2.45, 2.75) is 32.7 Å². The molecular weight excluding hydrogens is 364 g/mol. The fourth-order valence-electron chi connectivity index (χ4n) is 2.28. The summed E-state index contributed by atoms with van der Waals surface area (Å²) in [6.07, 6.45) is 0.826. The van der Waals surface area contributed by atoms with E-state index >= 15 is 0 Å². The Labute approximate surface area is 160 Å². The summed E-state index contributed by atoms with van der Waals surface area (Å²) in [5.74, 6) is -0.562. The number of carbonyl (C=O) groups excluding carboxylic acids is 1. The summed E-state index contributed by atoms with van der Waals surface area (Å²) in [4.78, 5) is 12.1. The predicted octanol–water partition coefficient (Wildman–Crippen LogP) is 4.64. The molecular formula is C18H24Cl2FN3O. The highest BCUT2D eigenvalue weighted by Gasteiger charge is 2.10. The molecule has 7 heteroatoms. The molecule has 0 bridgehead atoms. The van der Waals surface area contributed by atoms with Gasteiger partial charge in [-0.25, -0.2) is 4.39 Å². The van der Waals surface area contributed by atoms with Crippen molar-refractivity contribution in [2.75, 3.05) is 16.4 Å². The van der Waals surface area contributed by atoms with Crippen LogP contribution in [-0.4, -0.2) is 11.9 Å². The number of halogens is 3. The van der Waals surface area contributed by atoms with Crippen LogP contribution >= 0.6 is 24.8 Å². The molecule has 0 saturated heterocycles. The number of hydrogen-bond donors (Lipinski definition) is 3. The van der Waals surface area contributed by atoms with Crippen LogP contribution in [0.3, 0.4) is 0 Å². The summed E-state index contributed by atoms with van der Waals surface area (Å²) in [6, 6.07) is 11.9. The number of rotatable bonds is 6. The molecule has 4 N–H and O–H groups in total. The van der Waals surface area contributed by atoms with Gasteiger partial charge in [-0.3, -0.25) is 4.79 Å². The fourth-order valence-corrected chi connectivity index (χ4v) is 2.28. The summed E-state index contributed by atoms with van der Waals surface area (Å²) < 4.78 is 13.4. The average molecular weight is 388 g/mol. The molecule has 4 nitrogen and oxygen atoms in total. The van der Waals surface area contributed by atoms with Crippen LogP contribution in [0.5, 0.6) is 0 Å². The Hall–Kier alpha value is -1.98. The second kappa shape index (κ2) is 10.8. The number of nitrogen functional groups attached to an aromatic ring is 1. The van der Waals surface area contributed by atoms with Gasteiger partial charge in [0, 0.05) is 18.2 Å². The maximum Gasteiger partial charge on any atom is 0.224 e. The third kappa shape index (κ3) is 7.20. The molecule has 25 heavy (non-hydrogen) atoms. The Balaban J connectivity index is 0.00000288. The molecule has 0 heterocycles. The molecule has 0 aliphatic rings. The summed E-state index contributed by atoms with van der Waals surface area (Å²) in [5, 5.41) is 5.95. The number of anilines is 3. The fraction of sp³-hybridized carbons (Fsp3) is 0.278. The van der Waals surface area contributed by atoms with Crippen molar-refractivity contribution in [1.82, 2.24) is 0 Å². The molecule has 0 atom stereocenters. The molecule has 0 saturated carbocycles. The molecule has 138 valence electrons. The smallest absolute Gasteiger partial charge is 0.224 e. The van der Waals surface area contributed by atoms with E-state index in [4.69, 9.17) is 5.73 Å². The van der Waals surface area contributed by atoms with Crippen molar-refractivity contribution >= 4 is 47.8 Å². The molecule has 0 spiro atoms. The van der Waals surface area contributed by atoms with E-state index in [2.05, 4.69) is 10.6 Å². The zero-order valence-corrected chi connectivity index (χ0v) is 15.8. The number of nitrogens with one attached hydrogen (secondary N) is 2. The topological polar surface area (TPSA) is 67.1 Å². The minimum Gasteiger partial charge on any atom is -0.399 e. The first-order chi connectivity index (χ1) is 11.0. The van der Waals surface area contributed by atoms with Gasteiger partial charge < -0.3 is 16.4 Å². The minimum atomic E-state index is -0.387. The lowest BCUT2D eigenvalue weighted by atomic mass is 10.1. The van der Waals surface area contributed by atoms with Crippen LogP contribution in [0.2, 0.25) is 0 Å². The SMILES string of the molecule is CC(C)Nc1ccc(F)cc1NC(=O)CCc1ccccc1N.Cl.Cl. The summed E-state index contributed by atoms with van der Waals surface area (Å²) in [6.45, 7) is 3.96. The molecule has 0 aliphatic heterocycles. The molecule has 0 fully saturated rings. The Morgan fingerprint density at radius 3 is 2.44 bits per heavy atom. The number of benzene rings is 2. The minimum absolute atomic E-state index is 0. The van der Waals surface area contributed by atoms with Gasteiger partial charge in [0.05, 0.1) is 11.4 Å². The Morgan fingerprint density at radius 1 is 1.12 bits per heavy atom. The lowest BCUT2D eigenvalue weighted by molar-refractivity contribution is -0.116. The van der Waals surface area contributed by atoms with Crippen molar-refractivity contribution in [3.63, 3.8) is 0 Å². The lowest BCUT2D eigenvalue weighted by Crippen LogP contribution is -2.16. The highest BCUT2D eigenvalue weighted by atomic mass is 35.5. The zero-order chi connectivity index (χ0) is 16.8. The van der Waals surface area contributed by atoms with Gasteiger partial charge in [0.25, 0.3) is 0 Å². The third-order valence-corrected chi connectivity index (χ3v) is 3.38. The van der Waals surface area contributed by atoms with E-state index in [1.54, 1.807) is 6.07 Å². The molecule has 0 aliphatic carbocycles. The van der Waals surface area contributed by atoms with Crippen molar-refractivity contribution < 1.29 is 9.18 Å². The van der Waals surface area contributed by atoms with Crippen LogP contribution in [0, 0.1) is 5.82 Å². The van der Waals surface area contributed by atoms with Gasteiger partial charge in [0.2, 0.25) is 5.91 Å². The quantitative estimate of drug-likeness (QED) is 0.632. The van der Waals surface area contributed by atoms with Gasteiger partial charge in [-0.05, 0) is 50.1 Å². The summed E-state index contributed by atoms with van der Waals surface area (Å²) in [5.41, 5.74) is 8.63. The van der Waals surface area contributed by atoms with E-state index in [1.165, 1.54) is 12.1 Å². The number of hydrogen-bond acceptors (Lipinski definition) is 3. The molecule has 2 aromatic carbocycles. The largest absolute Gasteiger partial charge is 0.399 e. The van der Waals surface area contributed by atoms with Crippen LogP contribution in [0.4, 0.5) is 21.5 Å². The van der Waals surface area contributed by atoms with Gasteiger partial charge in [0.15, 0.2) is 0 Å². The normalized spacial score (nSPS) is 9.76. The number of amides is 1. The summed E-state index contributed by atoms with van der Waals surface area (Å²) in [7, 11) is 0. The number of para-hydroxylation sites is 1. The van der Waals surface area contributed by atoms with Crippen molar-refractivity contribution in [3.8, 4) is 0 Å². The maximum atomic E-state index is 13.4. The second-order valence-corrected chi connectivity index (χ2v) is 5.74. The van der Waals surface area contributed by atoms with Gasteiger partial charge in [-0.1, -0.05) is 18.2 Å². The Morgan fingerprint density at radius 2 is 1.80 bits per heavy atom. The standard InChI is InChI=1S/C18H22FN3O.2ClH/c1-12(2)21-16-9-8-14(19)11-17(16)22-18(23)10-7-13-5-3-4-6-15(13)20;;/h3-6,8-9,11-12,21H,7,10,20H2,1-2H3,(H,22,23);2*1H. The molecule has 1 amide bonds. The lowest BCUT2D eigenvalue weighted by Gasteiger charge is -2.15. The molecule has 0 unspecified atom stereocenters. The van der Waals surface area contributed by atoms with E-state index in [1.807, 2.05) is 38.1 Å². The monoisotopic (exact) mass is 387 g/mol. The van der Waals surface area contributed by atoms with E-state index in [9.17, 15) is 9.18 Å².